The van der Waals surface area contributed by atoms with Crippen molar-refractivity contribution in [2.75, 3.05) is 26.3 Å². The summed E-state index contributed by atoms with van der Waals surface area (Å²) >= 11 is 0. The molecule has 3 nitrogen and oxygen atoms in total. The van der Waals surface area contributed by atoms with Crippen molar-refractivity contribution in [3.63, 3.8) is 0 Å². The Kier molecular flexibility index (Phi) is 4.45. The lowest BCUT2D eigenvalue weighted by Gasteiger charge is -2.50. The van der Waals surface area contributed by atoms with Crippen LogP contribution in [0.25, 0.3) is 0 Å². The predicted molar refractivity (Wildman–Crippen MR) is 71.3 cm³/mol. The molecule has 17 heavy (non-hydrogen) atoms. The van der Waals surface area contributed by atoms with Gasteiger partial charge in [-0.3, -0.25) is 4.90 Å². The Morgan fingerprint density at radius 3 is 2.47 bits per heavy atom. The van der Waals surface area contributed by atoms with Gasteiger partial charge in [-0.15, -0.1) is 0 Å². The van der Waals surface area contributed by atoms with Crippen molar-refractivity contribution in [2.24, 2.45) is 0 Å². The fourth-order valence-corrected chi connectivity index (χ4v) is 3.27. The van der Waals surface area contributed by atoms with Crippen LogP contribution in [-0.4, -0.2) is 48.8 Å². The summed E-state index contributed by atoms with van der Waals surface area (Å²) in [7, 11) is 0. The van der Waals surface area contributed by atoms with E-state index in [0.29, 0.717) is 11.6 Å². The lowest BCUT2D eigenvalue weighted by molar-refractivity contribution is -0.0138. The summed E-state index contributed by atoms with van der Waals surface area (Å²) in [6.45, 7) is 11.2. The standard InChI is InChI=1S/C14H28N2O/c1-4-14(5-2)11-16(12(3)10-15-14)13-6-8-17-9-7-13/h12-13,15H,4-11H2,1-3H3. The third kappa shape index (κ3) is 2.83. The maximum atomic E-state index is 5.49. The van der Waals surface area contributed by atoms with Gasteiger partial charge in [0.1, 0.15) is 0 Å². The molecule has 0 aromatic rings. The lowest BCUT2D eigenvalue weighted by atomic mass is 9.87. The van der Waals surface area contributed by atoms with E-state index < -0.39 is 0 Å². The van der Waals surface area contributed by atoms with E-state index in [2.05, 4.69) is 31.0 Å². The normalized spacial score (nSPS) is 31.6. The molecule has 0 radical (unpaired) electrons. The highest BCUT2D eigenvalue weighted by Gasteiger charge is 2.38. The smallest absolute Gasteiger partial charge is 0.0480 e. The molecule has 0 amide bonds. The van der Waals surface area contributed by atoms with Crippen LogP contribution in [0.2, 0.25) is 0 Å². The fourth-order valence-electron chi connectivity index (χ4n) is 3.27. The number of hydrogen-bond acceptors (Lipinski definition) is 3. The number of hydrogen-bond donors (Lipinski definition) is 1. The topological polar surface area (TPSA) is 24.5 Å². The number of piperazine rings is 1. The summed E-state index contributed by atoms with van der Waals surface area (Å²) in [6, 6.07) is 1.42. The predicted octanol–water partition coefficient (Wildman–Crippen LogP) is 2.02. The van der Waals surface area contributed by atoms with Gasteiger partial charge >= 0.3 is 0 Å². The van der Waals surface area contributed by atoms with Gasteiger partial charge in [0.15, 0.2) is 0 Å². The first kappa shape index (κ1) is 13.3. The molecule has 2 heterocycles. The van der Waals surface area contributed by atoms with E-state index in [0.717, 1.165) is 25.8 Å². The molecule has 0 saturated carbocycles. The van der Waals surface area contributed by atoms with Crippen molar-refractivity contribution < 1.29 is 4.74 Å². The van der Waals surface area contributed by atoms with Gasteiger partial charge in [0.2, 0.25) is 0 Å². The van der Waals surface area contributed by atoms with E-state index in [1.54, 1.807) is 0 Å². The fraction of sp³-hybridized carbons (Fsp3) is 1.00. The highest BCUT2D eigenvalue weighted by Crippen LogP contribution is 2.27. The number of nitrogens with zero attached hydrogens (tertiary/aromatic N) is 1. The highest BCUT2D eigenvalue weighted by molar-refractivity contribution is 4.97. The molecule has 1 atom stereocenters. The zero-order valence-corrected chi connectivity index (χ0v) is 11.7. The van der Waals surface area contributed by atoms with Crippen LogP contribution in [-0.2, 0) is 4.74 Å². The van der Waals surface area contributed by atoms with Crippen molar-refractivity contribution in [3.8, 4) is 0 Å². The molecular formula is C14H28N2O. The molecule has 2 fully saturated rings. The van der Waals surface area contributed by atoms with Gasteiger partial charge in [-0.25, -0.2) is 0 Å². The van der Waals surface area contributed by atoms with Gasteiger partial charge in [-0.05, 0) is 32.6 Å². The van der Waals surface area contributed by atoms with Crippen molar-refractivity contribution in [2.45, 2.75) is 64.1 Å². The second kappa shape index (κ2) is 5.68. The zero-order valence-electron chi connectivity index (χ0n) is 11.7. The van der Waals surface area contributed by atoms with Crippen LogP contribution in [0.3, 0.4) is 0 Å². The van der Waals surface area contributed by atoms with Crippen molar-refractivity contribution in [3.05, 3.63) is 0 Å². The van der Waals surface area contributed by atoms with Crippen molar-refractivity contribution in [1.82, 2.24) is 10.2 Å². The maximum absolute atomic E-state index is 5.49. The molecule has 3 heteroatoms. The number of rotatable bonds is 3. The van der Waals surface area contributed by atoms with Crippen LogP contribution in [0, 0.1) is 0 Å². The van der Waals surface area contributed by atoms with E-state index in [1.807, 2.05) is 0 Å². The Labute approximate surface area is 106 Å². The minimum Gasteiger partial charge on any atom is -0.381 e. The van der Waals surface area contributed by atoms with Crippen molar-refractivity contribution >= 4 is 0 Å². The molecule has 0 aromatic carbocycles. The molecule has 0 spiro atoms. The monoisotopic (exact) mass is 240 g/mol. The third-order valence-corrected chi connectivity index (χ3v) is 4.84. The molecule has 0 aliphatic carbocycles. The molecule has 0 bridgehead atoms. The van der Waals surface area contributed by atoms with Gasteiger partial charge in [0.25, 0.3) is 0 Å². The quantitative estimate of drug-likeness (QED) is 0.817. The molecule has 2 rings (SSSR count). The summed E-state index contributed by atoms with van der Waals surface area (Å²) in [5, 5.41) is 3.78. The Morgan fingerprint density at radius 1 is 1.24 bits per heavy atom. The largest absolute Gasteiger partial charge is 0.381 e. The summed E-state index contributed by atoms with van der Waals surface area (Å²) in [5.74, 6) is 0. The van der Waals surface area contributed by atoms with E-state index >= 15 is 0 Å². The van der Waals surface area contributed by atoms with Crippen LogP contribution in [0.5, 0.6) is 0 Å². The first-order valence-corrected chi connectivity index (χ1v) is 7.29. The Balaban J connectivity index is 2.03. The molecule has 2 aliphatic rings. The number of nitrogens with one attached hydrogen (secondary N) is 1. The lowest BCUT2D eigenvalue weighted by Crippen LogP contribution is -2.65. The van der Waals surface area contributed by atoms with Crippen LogP contribution in [0.15, 0.2) is 0 Å². The van der Waals surface area contributed by atoms with Gasteiger partial charge in [0.05, 0.1) is 0 Å². The second-order valence-electron chi connectivity index (χ2n) is 5.73. The minimum atomic E-state index is 0.352. The first-order chi connectivity index (χ1) is 8.21. The third-order valence-electron chi connectivity index (χ3n) is 4.84. The van der Waals surface area contributed by atoms with Crippen LogP contribution >= 0.6 is 0 Å². The average molecular weight is 240 g/mol. The Hall–Kier alpha value is -0.120. The zero-order chi connectivity index (χ0) is 12.3. The van der Waals surface area contributed by atoms with E-state index in [1.165, 1.54) is 32.2 Å². The van der Waals surface area contributed by atoms with Gasteiger partial charge in [-0.2, -0.15) is 0 Å². The average Bonchev–Trinajstić information content (AvgIpc) is 2.41. The minimum absolute atomic E-state index is 0.352. The highest BCUT2D eigenvalue weighted by atomic mass is 16.5. The van der Waals surface area contributed by atoms with Gasteiger partial charge < -0.3 is 10.1 Å². The first-order valence-electron chi connectivity index (χ1n) is 7.29. The molecule has 0 aromatic heterocycles. The molecule has 1 N–H and O–H groups in total. The maximum Gasteiger partial charge on any atom is 0.0480 e. The molecule has 1 unspecified atom stereocenters. The van der Waals surface area contributed by atoms with E-state index in [9.17, 15) is 0 Å². The van der Waals surface area contributed by atoms with Crippen LogP contribution in [0.1, 0.15) is 46.5 Å². The van der Waals surface area contributed by atoms with E-state index in [-0.39, 0.29) is 0 Å². The molecule has 2 aliphatic heterocycles. The summed E-state index contributed by atoms with van der Waals surface area (Å²) < 4.78 is 5.49. The number of ether oxygens (including phenoxy) is 1. The molecular weight excluding hydrogens is 212 g/mol. The summed E-state index contributed by atoms with van der Waals surface area (Å²) in [6.07, 6.45) is 4.90. The molecule has 2 saturated heterocycles. The van der Waals surface area contributed by atoms with Crippen molar-refractivity contribution in [1.29, 1.82) is 0 Å². The van der Waals surface area contributed by atoms with Crippen LogP contribution < -0.4 is 5.32 Å². The van der Waals surface area contributed by atoms with Gasteiger partial charge in [-0.1, -0.05) is 13.8 Å². The van der Waals surface area contributed by atoms with Gasteiger partial charge in [0, 0.05) is 43.9 Å². The Morgan fingerprint density at radius 2 is 1.88 bits per heavy atom. The van der Waals surface area contributed by atoms with E-state index in [4.69, 9.17) is 4.74 Å². The summed E-state index contributed by atoms with van der Waals surface area (Å²) in [4.78, 5) is 2.74. The Bertz CT molecular complexity index is 234. The SMILES string of the molecule is CCC1(CC)CN(C2CCOCC2)C(C)CN1. The second-order valence-corrected chi connectivity index (χ2v) is 5.73. The molecule has 100 valence electrons. The van der Waals surface area contributed by atoms with Crippen LogP contribution in [0.4, 0.5) is 0 Å². The summed E-state index contributed by atoms with van der Waals surface area (Å²) in [5.41, 5.74) is 0.352.